The summed E-state index contributed by atoms with van der Waals surface area (Å²) in [6, 6.07) is 11.7. The Bertz CT molecular complexity index is 2510. The number of nitrogens with zero attached hydrogens (tertiary/aromatic N) is 7. The average Bonchev–Trinajstić information content (AvgIpc) is 3.58. The van der Waals surface area contributed by atoms with Crippen molar-refractivity contribution in [3.05, 3.63) is 75.8 Å². The standard InChI is InChI=1S/C45H52N8O6.2CH2O2/c1-48-24-35(33-18-40(51-11-4-12-51)46-19-34(33)43(48)56)29-16-38(58-2)36(39(17-29)59-3)25-50-21-28(22-50)20-49-13-9-45(10-14-49)26-52(27-45)31-5-6-32-30(15-31)23-53(44(32)57)37-7-8-41(54)47-42(37)55;2*2-1-3/h5-6,15-19,24,28,37H,4,7-14,20-23,25-27H2,1-3H3,(H,47,54,55);2*1H,(H,2,3). The van der Waals surface area contributed by atoms with Gasteiger partial charge in [-0.05, 0) is 92.2 Å². The summed E-state index contributed by atoms with van der Waals surface area (Å²) in [4.78, 5) is 83.2. The van der Waals surface area contributed by atoms with Crippen molar-refractivity contribution in [1.29, 1.82) is 0 Å². The molecule has 0 bridgehead atoms. The van der Waals surface area contributed by atoms with Gasteiger partial charge < -0.3 is 43.9 Å². The number of likely N-dealkylation sites (tertiary alicyclic amines) is 2. The van der Waals surface area contributed by atoms with Crippen molar-refractivity contribution in [3.8, 4) is 22.6 Å². The SMILES string of the molecule is COc1cc(-c2cn(C)c(=O)c3cnc(N4CCC4)cc23)cc(OC)c1CN1CC(CN2CCC3(CC2)CN(c2ccc4c(c2)CN(C2CCC(=O)NC2=O)C4=O)C3)C1.O=CO.O=CO. The number of methoxy groups -OCH3 is 2. The topological polar surface area (TPSA) is 207 Å². The number of carboxylic acid groups (broad SMARTS) is 2. The summed E-state index contributed by atoms with van der Waals surface area (Å²) in [6.45, 7) is 10.1. The number of imide groups is 1. The summed E-state index contributed by atoms with van der Waals surface area (Å²) in [7, 11) is 5.21. The number of ether oxygens (including phenoxy) is 2. The van der Waals surface area contributed by atoms with Crippen LogP contribution < -0.4 is 30.1 Å². The maximum Gasteiger partial charge on any atom is 0.290 e. The fraction of sp³-hybridized carbons (Fsp3) is 0.468. The van der Waals surface area contributed by atoms with Gasteiger partial charge in [0.25, 0.3) is 24.4 Å². The number of nitrogens with one attached hydrogen (secondary N) is 1. The predicted molar refractivity (Wildman–Crippen MR) is 241 cm³/mol. The Morgan fingerprint density at radius 3 is 2.15 bits per heavy atom. The Kier molecular flexibility index (Phi) is 13.1. The van der Waals surface area contributed by atoms with Gasteiger partial charge in [-0.3, -0.25) is 39.0 Å². The third-order valence-corrected chi connectivity index (χ3v) is 13.9. The Morgan fingerprint density at radius 1 is 0.862 bits per heavy atom. The minimum atomic E-state index is -0.592. The summed E-state index contributed by atoms with van der Waals surface area (Å²) in [5.74, 6) is 2.30. The first kappa shape index (κ1) is 45.1. The second kappa shape index (κ2) is 18.9. The molecule has 2 aromatic carbocycles. The highest BCUT2D eigenvalue weighted by Gasteiger charge is 2.46. The molecule has 1 unspecified atom stereocenters. The van der Waals surface area contributed by atoms with Crippen LogP contribution in [0.4, 0.5) is 11.5 Å². The first-order valence-electron chi connectivity index (χ1n) is 22.0. The van der Waals surface area contributed by atoms with Crippen LogP contribution in [0.2, 0.25) is 0 Å². The van der Waals surface area contributed by atoms with Crippen LogP contribution >= 0.6 is 0 Å². The largest absolute Gasteiger partial charge is 0.496 e. The Balaban J connectivity index is 0.000000912. The first-order chi connectivity index (χ1) is 31.4. The minimum absolute atomic E-state index is 0.0666. The van der Waals surface area contributed by atoms with E-state index >= 15 is 0 Å². The zero-order valence-corrected chi connectivity index (χ0v) is 37.0. The molecular weight excluding hydrogens is 837 g/mol. The highest BCUT2D eigenvalue weighted by Crippen LogP contribution is 2.44. The molecule has 4 aromatic rings. The quantitative estimate of drug-likeness (QED) is 0.155. The molecule has 1 atom stereocenters. The highest BCUT2D eigenvalue weighted by molar-refractivity contribution is 6.05. The van der Waals surface area contributed by atoms with Gasteiger partial charge in [0.15, 0.2) is 0 Å². The van der Waals surface area contributed by atoms with Crippen LogP contribution in [-0.2, 0) is 39.3 Å². The van der Waals surface area contributed by atoms with Crippen LogP contribution in [0.3, 0.4) is 0 Å². The molecule has 18 nitrogen and oxygen atoms in total. The number of pyridine rings is 2. The molecule has 8 heterocycles. The Morgan fingerprint density at radius 2 is 1.54 bits per heavy atom. The molecule has 344 valence electrons. The number of rotatable bonds is 10. The van der Waals surface area contributed by atoms with Crippen molar-refractivity contribution < 1.29 is 43.7 Å². The number of aryl methyl sites for hydroxylation is 1. The van der Waals surface area contributed by atoms with Crippen molar-refractivity contribution in [2.75, 3.05) is 82.9 Å². The lowest BCUT2D eigenvalue weighted by molar-refractivity contribution is -0.137. The van der Waals surface area contributed by atoms with Crippen LogP contribution in [-0.4, -0.2) is 144 Å². The van der Waals surface area contributed by atoms with E-state index in [4.69, 9.17) is 29.3 Å². The monoisotopic (exact) mass is 892 g/mol. The van der Waals surface area contributed by atoms with Crippen LogP contribution in [0.5, 0.6) is 11.5 Å². The average molecular weight is 893 g/mol. The van der Waals surface area contributed by atoms with Gasteiger partial charge in [-0.15, -0.1) is 0 Å². The van der Waals surface area contributed by atoms with Gasteiger partial charge in [0, 0.05) is 112 Å². The van der Waals surface area contributed by atoms with E-state index in [1.165, 1.54) is 12.8 Å². The van der Waals surface area contributed by atoms with E-state index in [-0.39, 0.29) is 42.6 Å². The van der Waals surface area contributed by atoms with Gasteiger partial charge in [-0.1, -0.05) is 0 Å². The van der Waals surface area contributed by atoms with Crippen molar-refractivity contribution in [3.63, 3.8) is 0 Å². The van der Waals surface area contributed by atoms with Gasteiger partial charge in [-0.25, -0.2) is 4.98 Å². The van der Waals surface area contributed by atoms with Crippen molar-refractivity contribution >= 4 is 52.9 Å². The lowest BCUT2D eigenvalue weighted by atomic mass is 9.71. The lowest BCUT2D eigenvalue weighted by Gasteiger charge is -2.55. The van der Waals surface area contributed by atoms with Crippen molar-refractivity contribution in [2.45, 2.75) is 51.2 Å². The van der Waals surface area contributed by atoms with E-state index in [0.29, 0.717) is 35.2 Å². The zero-order valence-electron chi connectivity index (χ0n) is 37.0. The van der Waals surface area contributed by atoms with E-state index in [9.17, 15) is 19.2 Å². The lowest BCUT2D eigenvalue weighted by Crippen LogP contribution is -2.61. The molecule has 0 aliphatic carbocycles. The van der Waals surface area contributed by atoms with Crippen LogP contribution in [0.15, 0.2) is 53.6 Å². The Labute approximate surface area is 376 Å². The molecule has 6 aliphatic heterocycles. The number of fused-ring (bicyclic) bond motifs is 2. The molecule has 0 saturated carbocycles. The number of benzene rings is 2. The molecule has 5 fully saturated rings. The smallest absolute Gasteiger partial charge is 0.290 e. The normalized spacial score (nSPS) is 20.3. The van der Waals surface area contributed by atoms with E-state index in [2.05, 4.69) is 48.1 Å². The van der Waals surface area contributed by atoms with E-state index in [1.54, 1.807) is 36.9 Å². The minimum Gasteiger partial charge on any atom is -0.496 e. The molecular formula is C47H56N8O10. The predicted octanol–water partition coefficient (Wildman–Crippen LogP) is 3.02. The maximum atomic E-state index is 13.2. The van der Waals surface area contributed by atoms with E-state index < -0.39 is 6.04 Å². The molecule has 10 rings (SSSR count). The summed E-state index contributed by atoms with van der Waals surface area (Å²) in [6.07, 6.45) is 7.78. The number of aromatic nitrogens is 2. The fourth-order valence-electron chi connectivity index (χ4n) is 10.3. The molecule has 6 aliphatic rings. The number of carbonyl (C=O) groups is 5. The third-order valence-electron chi connectivity index (χ3n) is 13.9. The second-order valence-electron chi connectivity index (χ2n) is 17.9. The third kappa shape index (κ3) is 8.96. The molecule has 0 radical (unpaired) electrons. The van der Waals surface area contributed by atoms with Gasteiger partial charge in [0.1, 0.15) is 23.4 Å². The Hall–Kier alpha value is -6.53. The number of hydrogen-bond acceptors (Lipinski definition) is 13. The number of anilines is 2. The highest BCUT2D eigenvalue weighted by atomic mass is 16.5. The number of carbonyl (C=O) groups excluding carboxylic acids is 3. The van der Waals surface area contributed by atoms with Gasteiger partial charge in [-0.2, -0.15) is 0 Å². The molecule has 2 aromatic heterocycles. The second-order valence-corrected chi connectivity index (χ2v) is 17.9. The van der Waals surface area contributed by atoms with E-state index in [1.807, 2.05) is 24.4 Å². The zero-order chi connectivity index (χ0) is 46.0. The summed E-state index contributed by atoms with van der Waals surface area (Å²) in [5, 5.41) is 17.6. The van der Waals surface area contributed by atoms with Crippen LogP contribution in [0.1, 0.15) is 53.6 Å². The number of piperidine rings is 2. The number of hydrogen-bond donors (Lipinski definition) is 3. The van der Waals surface area contributed by atoms with Crippen molar-refractivity contribution in [1.82, 2.24) is 29.6 Å². The van der Waals surface area contributed by atoms with Crippen molar-refractivity contribution in [2.24, 2.45) is 18.4 Å². The van der Waals surface area contributed by atoms with Crippen LogP contribution in [0.25, 0.3) is 21.9 Å². The molecule has 1 spiro atoms. The summed E-state index contributed by atoms with van der Waals surface area (Å²) < 4.78 is 13.6. The summed E-state index contributed by atoms with van der Waals surface area (Å²) in [5.41, 5.74) is 5.94. The first-order valence-corrected chi connectivity index (χ1v) is 22.0. The van der Waals surface area contributed by atoms with Gasteiger partial charge in [0.2, 0.25) is 11.8 Å². The molecule has 18 heteroatoms. The summed E-state index contributed by atoms with van der Waals surface area (Å²) >= 11 is 0. The molecule has 3 amide bonds. The maximum absolute atomic E-state index is 13.2. The van der Waals surface area contributed by atoms with Crippen LogP contribution in [0, 0.1) is 11.3 Å². The molecule has 5 saturated heterocycles. The molecule has 3 N–H and O–H groups in total. The van der Waals surface area contributed by atoms with Gasteiger partial charge >= 0.3 is 0 Å². The number of amides is 3. The molecule has 65 heavy (non-hydrogen) atoms. The van der Waals surface area contributed by atoms with E-state index in [0.717, 1.165) is 123 Å². The fourth-order valence-corrected chi connectivity index (χ4v) is 10.3. The van der Waals surface area contributed by atoms with Gasteiger partial charge in [0.05, 0.1) is 25.2 Å².